The molecule has 7 nitrogen and oxygen atoms in total. The summed E-state index contributed by atoms with van der Waals surface area (Å²) in [4.78, 5) is 31.2. The van der Waals surface area contributed by atoms with Gasteiger partial charge >= 0.3 is 11.8 Å². The van der Waals surface area contributed by atoms with Crippen molar-refractivity contribution in [3.8, 4) is 0 Å². The zero-order chi connectivity index (χ0) is 8.65. The van der Waals surface area contributed by atoms with Crippen LogP contribution in [0.4, 0.5) is 4.79 Å². The zero-order valence-corrected chi connectivity index (χ0v) is 5.12. The van der Waals surface area contributed by atoms with E-state index < -0.39 is 23.6 Å². The first kappa shape index (κ1) is 7.63. The van der Waals surface area contributed by atoms with Crippen LogP contribution in [-0.4, -0.2) is 33.8 Å². The molecule has 1 saturated heterocycles. The van der Waals surface area contributed by atoms with Gasteiger partial charge in [0.2, 0.25) is 0 Å². The lowest BCUT2D eigenvalue weighted by Crippen LogP contribution is -2.66. The lowest BCUT2D eigenvalue weighted by Gasteiger charge is -2.22. The predicted octanol–water partition coefficient (Wildman–Crippen LogP) is -2.97. The number of barbiturate groups is 1. The molecule has 7 heteroatoms. The van der Waals surface area contributed by atoms with E-state index in [1.807, 2.05) is 0 Å². The largest absolute Gasteiger partial charge is 0.351 e. The summed E-state index contributed by atoms with van der Waals surface area (Å²) in [5.41, 5.74) is 0. The first-order valence-corrected chi connectivity index (χ1v) is 2.56. The number of carbonyl (C=O) groups is 3. The van der Waals surface area contributed by atoms with E-state index in [0.29, 0.717) is 0 Å². The van der Waals surface area contributed by atoms with E-state index in [-0.39, 0.29) is 0 Å². The second kappa shape index (κ2) is 2.01. The topological polar surface area (TPSA) is 116 Å². The van der Waals surface area contributed by atoms with Crippen molar-refractivity contribution in [1.82, 2.24) is 10.6 Å². The number of aliphatic hydroxyl groups is 2. The van der Waals surface area contributed by atoms with Gasteiger partial charge in [-0.15, -0.1) is 0 Å². The van der Waals surface area contributed by atoms with Crippen LogP contribution in [0.1, 0.15) is 0 Å². The van der Waals surface area contributed by atoms with Crippen LogP contribution in [0.15, 0.2) is 0 Å². The van der Waals surface area contributed by atoms with Crippen LogP contribution in [0.5, 0.6) is 0 Å². The molecule has 11 heavy (non-hydrogen) atoms. The highest BCUT2D eigenvalue weighted by molar-refractivity contribution is 6.19. The number of carbonyl (C=O) groups excluding carboxylic acids is 3. The zero-order valence-electron chi connectivity index (χ0n) is 5.12. The van der Waals surface area contributed by atoms with Gasteiger partial charge in [-0.3, -0.25) is 20.2 Å². The second-order valence-electron chi connectivity index (χ2n) is 1.91. The quantitative estimate of drug-likeness (QED) is 0.172. The van der Waals surface area contributed by atoms with E-state index in [2.05, 4.69) is 0 Å². The van der Waals surface area contributed by atoms with Crippen LogP contribution < -0.4 is 10.6 Å². The molecular weight excluding hydrogens is 157 g/mol. The molecule has 0 radical (unpaired) electrons. The van der Waals surface area contributed by atoms with Gasteiger partial charge in [0.25, 0.3) is 11.8 Å². The van der Waals surface area contributed by atoms with Gasteiger partial charge in [0.15, 0.2) is 0 Å². The lowest BCUT2D eigenvalue weighted by atomic mass is 10.5. The third-order valence-electron chi connectivity index (χ3n) is 1.09. The van der Waals surface area contributed by atoms with Crippen LogP contribution in [-0.2, 0) is 9.59 Å². The Balaban J connectivity index is 2.93. The summed E-state index contributed by atoms with van der Waals surface area (Å²) in [7, 11) is 0. The van der Waals surface area contributed by atoms with Gasteiger partial charge in [-0.2, -0.15) is 0 Å². The number of amides is 4. The maximum absolute atomic E-state index is 10.4. The van der Waals surface area contributed by atoms with Crippen molar-refractivity contribution in [1.29, 1.82) is 0 Å². The summed E-state index contributed by atoms with van der Waals surface area (Å²) in [6.45, 7) is 0. The minimum atomic E-state index is -3.14. The van der Waals surface area contributed by atoms with E-state index in [1.54, 1.807) is 0 Å². The fraction of sp³-hybridized carbons (Fsp3) is 0.250. The van der Waals surface area contributed by atoms with E-state index in [1.165, 1.54) is 10.6 Å². The van der Waals surface area contributed by atoms with Gasteiger partial charge in [-0.05, 0) is 0 Å². The molecule has 60 valence electrons. The van der Waals surface area contributed by atoms with Gasteiger partial charge in [0.05, 0.1) is 0 Å². The highest BCUT2D eigenvalue weighted by Crippen LogP contribution is 2.02. The third kappa shape index (κ3) is 1.06. The molecular formula is C4H4N2O5. The normalized spacial score (nSPS) is 22.5. The lowest BCUT2D eigenvalue weighted by molar-refractivity contribution is -0.193. The summed E-state index contributed by atoms with van der Waals surface area (Å²) < 4.78 is 0. The summed E-state index contributed by atoms with van der Waals surface area (Å²) >= 11 is 0. The van der Waals surface area contributed by atoms with Gasteiger partial charge in [0, 0.05) is 0 Å². The Kier molecular flexibility index (Phi) is 1.39. The Morgan fingerprint density at radius 3 is 1.73 bits per heavy atom. The van der Waals surface area contributed by atoms with Crippen molar-refractivity contribution in [2.45, 2.75) is 5.79 Å². The summed E-state index contributed by atoms with van der Waals surface area (Å²) in [5, 5.41) is 20.2. The van der Waals surface area contributed by atoms with Crippen LogP contribution in [0.2, 0.25) is 0 Å². The third-order valence-corrected chi connectivity index (χ3v) is 1.09. The molecule has 4 N–H and O–H groups in total. The summed E-state index contributed by atoms with van der Waals surface area (Å²) in [6.07, 6.45) is 0. The highest BCUT2D eigenvalue weighted by atomic mass is 16.7. The maximum atomic E-state index is 10.4. The molecule has 1 rings (SSSR count). The molecule has 0 aromatic carbocycles. The van der Waals surface area contributed by atoms with Crippen LogP contribution >= 0.6 is 0 Å². The van der Waals surface area contributed by atoms with Crippen molar-refractivity contribution < 1.29 is 24.6 Å². The van der Waals surface area contributed by atoms with Gasteiger partial charge in [-0.1, -0.05) is 0 Å². The number of hydrogen-bond acceptors (Lipinski definition) is 5. The molecule has 0 bridgehead atoms. The predicted molar refractivity (Wildman–Crippen MR) is 28.9 cm³/mol. The van der Waals surface area contributed by atoms with Gasteiger partial charge in [0.1, 0.15) is 0 Å². The summed E-state index contributed by atoms with van der Waals surface area (Å²) in [6, 6.07) is -1.07. The standard InChI is InChI=1S/C4H4N2O5/c7-1-4(10,11)2(8)6-3(9)5-1/h10-11H,(H2,5,6,7,8,9)/i4+1. The van der Waals surface area contributed by atoms with Crippen LogP contribution in [0.3, 0.4) is 0 Å². The van der Waals surface area contributed by atoms with E-state index in [4.69, 9.17) is 10.2 Å². The Bertz CT molecular complexity index is 223. The number of imide groups is 2. The van der Waals surface area contributed by atoms with Crippen molar-refractivity contribution in [3.63, 3.8) is 0 Å². The molecule has 1 heterocycles. The number of hydrogen-bond donors (Lipinski definition) is 4. The minimum absolute atomic E-state index is 1.07. The monoisotopic (exact) mass is 161 g/mol. The molecule has 0 aromatic heterocycles. The summed E-state index contributed by atoms with van der Waals surface area (Å²) in [5.74, 6) is -6.05. The van der Waals surface area contributed by atoms with E-state index >= 15 is 0 Å². The molecule has 1 aliphatic heterocycles. The first-order chi connectivity index (χ1) is 4.94. The Morgan fingerprint density at radius 1 is 1.00 bits per heavy atom. The fourth-order valence-corrected chi connectivity index (χ4v) is 0.515. The molecule has 0 atom stereocenters. The molecule has 0 unspecified atom stereocenters. The van der Waals surface area contributed by atoms with Crippen molar-refractivity contribution >= 4 is 17.8 Å². The van der Waals surface area contributed by atoms with E-state index in [0.717, 1.165) is 0 Å². The Hall–Kier alpha value is -1.47. The number of nitrogens with one attached hydrogen (secondary N) is 2. The van der Waals surface area contributed by atoms with Crippen molar-refractivity contribution in [3.05, 3.63) is 0 Å². The first-order valence-electron chi connectivity index (χ1n) is 2.56. The Morgan fingerprint density at radius 2 is 1.36 bits per heavy atom. The molecule has 4 amide bonds. The molecule has 0 aromatic rings. The molecule has 1 aliphatic rings. The van der Waals surface area contributed by atoms with Gasteiger partial charge < -0.3 is 10.2 Å². The van der Waals surface area contributed by atoms with Crippen LogP contribution in [0.25, 0.3) is 0 Å². The van der Waals surface area contributed by atoms with Crippen molar-refractivity contribution in [2.24, 2.45) is 0 Å². The van der Waals surface area contributed by atoms with E-state index in [9.17, 15) is 14.4 Å². The number of rotatable bonds is 0. The highest BCUT2D eigenvalue weighted by Gasteiger charge is 2.47. The maximum Gasteiger partial charge on any atom is 0.328 e. The second-order valence-corrected chi connectivity index (χ2v) is 1.91. The molecule has 0 aliphatic carbocycles. The Labute approximate surface area is 60.0 Å². The fourth-order valence-electron chi connectivity index (χ4n) is 0.515. The smallest absolute Gasteiger partial charge is 0.328 e. The molecule has 0 saturated carbocycles. The average Bonchev–Trinajstić information content (AvgIpc) is 1.84. The SMILES string of the molecule is O=C1NC(=O)[13C](O)(O)C(=O)N1. The molecule has 1 fully saturated rings. The average molecular weight is 161 g/mol. The van der Waals surface area contributed by atoms with Crippen molar-refractivity contribution in [2.75, 3.05) is 0 Å². The molecule has 0 spiro atoms. The van der Waals surface area contributed by atoms with Gasteiger partial charge in [-0.25, -0.2) is 4.79 Å². The number of urea groups is 1. The van der Waals surface area contributed by atoms with Crippen LogP contribution in [0, 0.1) is 0 Å². The minimum Gasteiger partial charge on any atom is -0.351 e.